The van der Waals surface area contributed by atoms with Crippen LogP contribution < -0.4 is 15.4 Å². The first-order chi connectivity index (χ1) is 18.0. The van der Waals surface area contributed by atoms with E-state index in [-0.39, 0.29) is 11.5 Å². The fourth-order valence-electron chi connectivity index (χ4n) is 4.62. The van der Waals surface area contributed by atoms with Gasteiger partial charge in [-0.15, -0.1) is 0 Å². The Labute approximate surface area is 225 Å². The van der Waals surface area contributed by atoms with Crippen molar-refractivity contribution in [3.8, 4) is 0 Å². The summed E-state index contributed by atoms with van der Waals surface area (Å²) in [5.41, 5.74) is 2.94. The van der Waals surface area contributed by atoms with Crippen LogP contribution in [0.5, 0.6) is 0 Å². The van der Waals surface area contributed by atoms with Crippen LogP contribution in [0.4, 0.5) is 11.5 Å². The van der Waals surface area contributed by atoms with E-state index in [0.29, 0.717) is 58.9 Å². The van der Waals surface area contributed by atoms with Gasteiger partial charge in [0.2, 0.25) is 0 Å². The predicted octanol–water partition coefficient (Wildman–Crippen LogP) is 3.57. The Morgan fingerprint density at radius 2 is 1.78 bits per heavy atom. The van der Waals surface area contributed by atoms with Gasteiger partial charge in [0.15, 0.2) is 0 Å². The monoisotopic (exact) mass is 535 g/mol. The van der Waals surface area contributed by atoms with Crippen LogP contribution >= 0.6 is 24.0 Å². The third-order valence-corrected chi connectivity index (χ3v) is 7.94. The van der Waals surface area contributed by atoms with Crippen molar-refractivity contribution >= 4 is 57.4 Å². The highest BCUT2D eigenvalue weighted by molar-refractivity contribution is 8.26. The van der Waals surface area contributed by atoms with Gasteiger partial charge in [-0.2, -0.15) is 0 Å². The van der Waals surface area contributed by atoms with Crippen molar-refractivity contribution in [3.05, 3.63) is 75.0 Å². The van der Waals surface area contributed by atoms with Gasteiger partial charge in [0.05, 0.1) is 10.5 Å². The number of hydrogen-bond acceptors (Lipinski definition) is 8. The summed E-state index contributed by atoms with van der Waals surface area (Å²) in [4.78, 5) is 38.4. The number of fused-ring (bicyclic) bond motifs is 1. The molecular weight excluding hydrogens is 506 g/mol. The number of para-hydroxylation sites is 1. The maximum absolute atomic E-state index is 13.8. The molecule has 2 aliphatic rings. The van der Waals surface area contributed by atoms with Crippen molar-refractivity contribution in [2.75, 3.05) is 56.2 Å². The van der Waals surface area contributed by atoms with Gasteiger partial charge in [-0.05, 0) is 43.2 Å². The highest BCUT2D eigenvalue weighted by Gasteiger charge is 2.33. The average Bonchev–Trinajstić information content (AvgIpc) is 3.18. The fourth-order valence-corrected chi connectivity index (χ4v) is 5.91. The summed E-state index contributed by atoms with van der Waals surface area (Å²) in [7, 11) is 1.63. The lowest BCUT2D eigenvalue weighted by molar-refractivity contribution is -0.122. The van der Waals surface area contributed by atoms with Crippen LogP contribution in [-0.4, -0.2) is 71.0 Å². The summed E-state index contributed by atoms with van der Waals surface area (Å²) in [6.07, 6.45) is 4.15. The number of thioether (sulfide) groups is 1. The largest absolute Gasteiger partial charge is 0.385 e. The smallest absolute Gasteiger partial charge is 0.267 e. The second kappa shape index (κ2) is 11.0. The lowest BCUT2D eigenvalue weighted by Crippen LogP contribution is -2.47. The third kappa shape index (κ3) is 5.27. The molecule has 2 aliphatic heterocycles. The molecular formula is C27H29N5O3S2. The predicted molar refractivity (Wildman–Crippen MR) is 153 cm³/mol. The van der Waals surface area contributed by atoms with Gasteiger partial charge in [0.25, 0.3) is 11.5 Å². The zero-order valence-corrected chi connectivity index (χ0v) is 22.6. The molecule has 8 nitrogen and oxygen atoms in total. The maximum Gasteiger partial charge on any atom is 0.267 e. The molecule has 1 aromatic carbocycles. The number of piperazine rings is 1. The maximum atomic E-state index is 13.8. The minimum Gasteiger partial charge on any atom is -0.385 e. The number of carbonyl (C=O) groups excluding carboxylic acids is 1. The zero-order valence-electron chi connectivity index (χ0n) is 20.9. The highest BCUT2D eigenvalue weighted by Crippen LogP contribution is 2.34. The Kier molecular flexibility index (Phi) is 7.59. The first-order valence-corrected chi connectivity index (χ1v) is 13.5. The number of amides is 1. The average molecular weight is 536 g/mol. The third-order valence-electron chi connectivity index (χ3n) is 6.57. The SMILES string of the molecule is COCCCN1C(=O)C(=Cc2c(N3CCN(c4ccccc4)CC3)nc3ccc(C)cn3c2=O)SC1=S. The number of anilines is 2. The molecule has 5 rings (SSSR count). The van der Waals surface area contributed by atoms with Crippen LogP contribution in [0.2, 0.25) is 0 Å². The lowest BCUT2D eigenvalue weighted by Gasteiger charge is -2.37. The van der Waals surface area contributed by atoms with E-state index in [9.17, 15) is 9.59 Å². The molecule has 0 unspecified atom stereocenters. The molecule has 37 heavy (non-hydrogen) atoms. The van der Waals surface area contributed by atoms with Gasteiger partial charge < -0.3 is 14.5 Å². The molecule has 0 aliphatic carbocycles. The number of methoxy groups -OCH3 is 1. The van der Waals surface area contributed by atoms with Crippen LogP contribution in [0.1, 0.15) is 17.5 Å². The first kappa shape index (κ1) is 25.4. The number of ether oxygens (including phenoxy) is 1. The molecule has 2 saturated heterocycles. The van der Waals surface area contributed by atoms with E-state index < -0.39 is 0 Å². The van der Waals surface area contributed by atoms with E-state index in [1.807, 2.05) is 37.3 Å². The molecule has 0 radical (unpaired) electrons. The Balaban J connectivity index is 1.50. The number of rotatable bonds is 7. The van der Waals surface area contributed by atoms with Crippen molar-refractivity contribution in [2.24, 2.45) is 0 Å². The quantitative estimate of drug-likeness (QED) is 0.258. The van der Waals surface area contributed by atoms with E-state index in [0.717, 1.165) is 18.7 Å². The summed E-state index contributed by atoms with van der Waals surface area (Å²) in [5.74, 6) is 0.422. The minimum absolute atomic E-state index is 0.181. The van der Waals surface area contributed by atoms with E-state index in [1.54, 1.807) is 28.7 Å². The second-order valence-corrected chi connectivity index (χ2v) is 10.8. The van der Waals surface area contributed by atoms with E-state index in [1.165, 1.54) is 17.4 Å². The molecule has 0 atom stereocenters. The molecule has 0 N–H and O–H groups in total. The van der Waals surface area contributed by atoms with Crippen LogP contribution in [0.3, 0.4) is 0 Å². The topological polar surface area (TPSA) is 70.4 Å². The van der Waals surface area contributed by atoms with Crippen molar-refractivity contribution in [1.82, 2.24) is 14.3 Å². The molecule has 0 bridgehead atoms. The number of thiocarbonyl (C=S) groups is 1. The zero-order chi connectivity index (χ0) is 25.9. The molecule has 3 aromatic rings. The first-order valence-electron chi connectivity index (χ1n) is 12.3. The van der Waals surface area contributed by atoms with Crippen molar-refractivity contribution < 1.29 is 9.53 Å². The van der Waals surface area contributed by atoms with Gasteiger partial charge in [0.1, 0.15) is 15.8 Å². The Morgan fingerprint density at radius 3 is 2.51 bits per heavy atom. The van der Waals surface area contributed by atoms with Crippen LogP contribution in [0.15, 0.2) is 58.4 Å². The second-order valence-electron chi connectivity index (χ2n) is 9.08. The number of nitrogens with zero attached hydrogens (tertiary/aromatic N) is 5. The molecule has 4 heterocycles. The molecule has 1 amide bonds. The standard InChI is InChI=1S/C27H29N5O3S2/c1-19-9-10-23-28-24(30-14-12-29(13-15-30)20-7-4-3-5-8-20)21(25(33)32(23)18-19)17-22-26(34)31(27(36)37-22)11-6-16-35-2/h3-5,7-10,17-18H,6,11-16H2,1-2H3. The van der Waals surface area contributed by atoms with E-state index in [4.69, 9.17) is 21.9 Å². The Bertz CT molecular complexity index is 1410. The lowest BCUT2D eigenvalue weighted by atomic mass is 10.2. The summed E-state index contributed by atoms with van der Waals surface area (Å²) in [6, 6.07) is 14.1. The Hall–Kier alpha value is -3.21. The molecule has 0 spiro atoms. The number of carbonyl (C=O) groups is 1. The van der Waals surface area contributed by atoms with Gasteiger partial charge in [-0.3, -0.25) is 18.9 Å². The normalized spacial score (nSPS) is 17.5. The number of hydrogen-bond donors (Lipinski definition) is 0. The number of pyridine rings is 1. The molecule has 192 valence electrons. The van der Waals surface area contributed by atoms with Crippen molar-refractivity contribution in [1.29, 1.82) is 0 Å². The van der Waals surface area contributed by atoms with Crippen LogP contribution in [-0.2, 0) is 9.53 Å². The van der Waals surface area contributed by atoms with Crippen LogP contribution in [0.25, 0.3) is 11.7 Å². The number of aromatic nitrogens is 2. The molecule has 2 aromatic heterocycles. The summed E-state index contributed by atoms with van der Waals surface area (Å²) < 4.78 is 7.17. The number of benzene rings is 1. The molecule has 10 heteroatoms. The van der Waals surface area contributed by atoms with Gasteiger partial charge in [0, 0.05) is 58.3 Å². The van der Waals surface area contributed by atoms with Crippen LogP contribution in [0, 0.1) is 6.92 Å². The number of aryl methyl sites for hydroxylation is 1. The highest BCUT2D eigenvalue weighted by atomic mass is 32.2. The van der Waals surface area contributed by atoms with Gasteiger partial charge in [-0.25, -0.2) is 4.98 Å². The van der Waals surface area contributed by atoms with E-state index in [2.05, 4.69) is 21.9 Å². The minimum atomic E-state index is -0.196. The summed E-state index contributed by atoms with van der Waals surface area (Å²) >= 11 is 6.71. The fraction of sp³-hybridized carbons (Fsp3) is 0.333. The van der Waals surface area contributed by atoms with E-state index >= 15 is 0 Å². The van der Waals surface area contributed by atoms with Crippen molar-refractivity contribution in [2.45, 2.75) is 13.3 Å². The summed E-state index contributed by atoms with van der Waals surface area (Å²) in [5, 5.41) is 0. The molecule has 2 fully saturated rings. The summed E-state index contributed by atoms with van der Waals surface area (Å²) in [6.45, 7) is 6.00. The molecule has 0 saturated carbocycles. The van der Waals surface area contributed by atoms with Gasteiger partial charge >= 0.3 is 0 Å². The Morgan fingerprint density at radius 1 is 1.05 bits per heavy atom. The van der Waals surface area contributed by atoms with Crippen molar-refractivity contribution in [3.63, 3.8) is 0 Å². The van der Waals surface area contributed by atoms with Gasteiger partial charge in [-0.1, -0.05) is 48.2 Å².